The van der Waals surface area contributed by atoms with E-state index in [1.807, 2.05) is 13.0 Å². The fourth-order valence-corrected chi connectivity index (χ4v) is 1.99. The highest BCUT2D eigenvalue weighted by molar-refractivity contribution is 5.61. The van der Waals surface area contributed by atoms with Gasteiger partial charge in [-0.2, -0.15) is 9.50 Å². The van der Waals surface area contributed by atoms with E-state index in [2.05, 4.69) is 15.1 Å². The summed E-state index contributed by atoms with van der Waals surface area (Å²) in [6.07, 6.45) is 3.51. The van der Waals surface area contributed by atoms with Gasteiger partial charge in [0.25, 0.3) is 11.3 Å². The summed E-state index contributed by atoms with van der Waals surface area (Å²) >= 11 is 0. The van der Waals surface area contributed by atoms with Crippen molar-refractivity contribution in [3.8, 4) is 0 Å². The standard InChI is InChI=1S/C12H14N4O2/c1-2-9-7-10(17)16-12(13-9)14-11(15-16)8-3-5-18-6-4-8/h3,7H,2,4-6H2,1H3,(H,13,14,15). The molecule has 0 aromatic carbocycles. The van der Waals surface area contributed by atoms with Crippen molar-refractivity contribution in [2.24, 2.45) is 0 Å². The van der Waals surface area contributed by atoms with E-state index in [0.717, 1.165) is 24.1 Å². The average Bonchev–Trinajstić information content (AvgIpc) is 2.84. The topological polar surface area (TPSA) is 72.3 Å². The minimum atomic E-state index is -0.122. The SMILES string of the molecule is CCc1cc(=O)n2[nH]c(C3=CCOCC3)nc2n1. The van der Waals surface area contributed by atoms with Gasteiger partial charge < -0.3 is 4.74 Å². The number of hydrogen-bond acceptors (Lipinski definition) is 4. The van der Waals surface area contributed by atoms with Crippen molar-refractivity contribution in [2.75, 3.05) is 13.2 Å². The maximum atomic E-state index is 11.9. The first-order valence-electron chi connectivity index (χ1n) is 6.04. The van der Waals surface area contributed by atoms with Crippen LogP contribution in [0.1, 0.15) is 24.9 Å². The Hall–Kier alpha value is -1.95. The summed E-state index contributed by atoms with van der Waals surface area (Å²) in [5.41, 5.74) is 1.71. The van der Waals surface area contributed by atoms with Crippen molar-refractivity contribution in [1.29, 1.82) is 0 Å². The van der Waals surface area contributed by atoms with Gasteiger partial charge in [0.15, 0.2) is 5.82 Å². The molecular weight excluding hydrogens is 232 g/mol. The number of fused-ring (bicyclic) bond motifs is 1. The zero-order valence-electron chi connectivity index (χ0n) is 10.1. The fourth-order valence-electron chi connectivity index (χ4n) is 1.99. The third-order valence-electron chi connectivity index (χ3n) is 3.01. The number of nitrogens with one attached hydrogen (secondary N) is 1. The number of ether oxygens (including phenoxy) is 1. The molecule has 0 unspecified atom stereocenters. The number of aryl methyl sites for hydroxylation is 1. The molecule has 94 valence electrons. The predicted molar refractivity (Wildman–Crippen MR) is 66.4 cm³/mol. The summed E-state index contributed by atoms with van der Waals surface area (Å²) in [4.78, 5) is 20.6. The quantitative estimate of drug-likeness (QED) is 0.850. The highest BCUT2D eigenvalue weighted by Crippen LogP contribution is 2.17. The highest BCUT2D eigenvalue weighted by Gasteiger charge is 2.12. The Kier molecular flexibility index (Phi) is 2.71. The largest absolute Gasteiger partial charge is 0.377 e. The van der Waals surface area contributed by atoms with Crippen LogP contribution in [0.2, 0.25) is 0 Å². The molecule has 3 heterocycles. The van der Waals surface area contributed by atoms with Gasteiger partial charge in [-0.3, -0.25) is 9.89 Å². The van der Waals surface area contributed by atoms with Gasteiger partial charge in [0, 0.05) is 11.8 Å². The lowest BCUT2D eigenvalue weighted by Gasteiger charge is -2.10. The average molecular weight is 246 g/mol. The van der Waals surface area contributed by atoms with Crippen LogP contribution in [0.5, 0.6) is 0 Å². The highest BCUT2D eigenvalue weighted by atomic mass is 16.5. The molecule has 1 N–H and O–H groups in total. The summed E-state index contributed by atoms with van der Waals surface area (Å²) < 4.78 is 6.63. The Morgan fingerprint density at radius 3 is 3.11 bits per heavy atom. The molecule has 0 saturated carbocycles. The molecule has 0 bridgehead atoms. The molecule has 0 amide bonds. The first kappa shape index (κ1) is 11.2. The van der Waals surface area contributed by atoms with Crippen molar-refractivity contribution in [3.63, 3.8) is 0 Å². The normalized spacial score (nSPS) is 15.9. The number of H-pyrrole nitrogens is 1. The van der Waals surface area contributed by atoms with Gasteiger partial charge in [-0.1, -0.05) is 13.0 Å². The molecular formula is C12H14N4O2. The maximum Gasteiger partial charge on any atom is 0.274 e. The van der Waals surface area contributed by atoms with Crippen LogP contribution in [0.15, 0.2) is 16.9 Å². The molecule has 2 aromatic heterocycles. The second-order valence-electron chi connectivity index (χ2n) is 4.20. The van der Waals surface area contributed by atoms with Crippen molar-refractivity contribution in [2.45, 2.75) is 19.8 Å². The fraction of sp³-hybridized carbons (Fsp3) is 0.417. The molecule has 3 rings (SSSR count). The van der Waals surface area contributed by atoms with Gasteiger partial charge in [-0.15, -0.1) is 0 Å². The number of hydrogen-bond donors (Lipinski definition) is 1. The summed E-state index contributed by atoms with van der Waals surface area (Å²) in [5.74, 6) is 1.14. The van der Waals surface area contributed by atoms with Gasteiger partial charge in [0.1, 0.15) is 0 Å². The van der Waals surface area contributed by atoms with E-state index >= 15 is 0 Å². The summed E-state index contributed by atoms with van der Waals surface area (Å²) in [6.45, 7) is 3.24. The van der Waals surface area contributed by atoms with E-state index in [0.29, 0.717) is 24.8 Å². The van der Waals surface area contributed by atoms with Gasteiger partial charge in [-0.05, 0) is 18.4 Å². The van der Waals surface area contributed by atoms with E-state index in [1.165, 1.54) is 10.6 Å². The van der Waals surface area contributed by atoms with E-state index in [-0.39, 0.29) is 5.56 Å². The van der Waals surface area contributed by atoms with Crippen molar-refractivity contribution in [3.05, 3.63) is 34.0 Å². The lowest BCUT2D eigenvalue weighted by Crippen LogP contribution is -2.15. The van der Waals surface area contributed by atoms with Crippen LogP contribution in [0, 0.1) is 0 Å². The minimum absolute atomic E-state index is 0.122. The summed E-state index contributed by atoms with van der Waals surface area (Å²) in [5, 5.41) is 2.99. The second-order valence-corrected chi connectivity index (χ2v) is 4.20. The lowest BCUT2D eigenvalue weighted by atomic mass is 10.1. The van der Waals surface area contributed by atoms with E-state index in [4.69, 9.17) is 4.74 Å². The van der Waals surface area contributed by atoms with Crippen molar-refractivity contribution in [1.82, 2.24) is 19.6 Å². The molecule has 0 spiro atoms. The number of rotatable bonds is 2. The predicted octanol–water partition coefficient (Wildman–Crippen LogP) is 0.784. The molecule has 1 aliphatic heterocycles. The first-order chi connectivity index (χ1) is 8.78. The molecule has 1 aliphatic rings. The van der Waals surface area contributed by atoms with Crippen LogP contribution >= 0.6 is 0 Å². The minimum Gasteiger partial charge on any atom is -0.377 e. The zero-order valence-corrected chi connectivity index (χ0v) is 10.1. The lowest BCUT2D eigenvalue weighted by molar-refractivity contribution is 0.161. The number of nitrogens with zero attached hydrogens (tertiary/aromatic N) is 3. The van der Waals surface area contributed by atoms with Gasteiger partial charge in [-0.25, -0.2) is 4.98 Å². The zero-order chi connectivity index (χ0) is 12.5. The van der Waals surface area contributed by atoms with Crippen LogP contribution in [0.25, 0.3) is 11.4 Å². The number of aromatic nitrogens is 4. The van der Waals surface area contributed by atoms with Gasteiger partial charge in [0.05, 0.1) is 13.2 Å². The van der Waals surface area contributed by atoms with Crippen LogP contribution in [0.3, 0.4) is 0 Å². The Bertz CT molecular complexity index is 668. The van der Waals surface area contributed by atoms with Crippen molar-refractivity contribution >= 4 is 11.4 Å². The first-order valence-corrected chi connectivity index (χ1v) is 6.04. The number of aromatic amines is 1. The van der Waals surface area contributed by atoms with Crippen LogP contribution in [-0.2, 0) is 11.2 Å². The summed E-state index contributed by atoms with van der Waals surface area (Å²) in [7, 11) is 0. The second kappa shape index (κ2) is 4.38. The third-order valence-corrected chi connectivity index (χ3v) is 3.01. The molecule has 0 aliphatic carbocycles. The molecule has 0 radical (unpaired) electrons. The maximum absolute atomic E-state index is 11.9. The molecule has 0 atom stereocenters. The van der Waals surface area contributed by atoms with E-state index < -0.39 is 0 Å². The molecule has 6 heteroatoms. The molecule has 0 fully saturated rings. The van der Waals surface area contributed by atoms with Crippen LogP contribution in [0.4, 0.5) is 0 Å². The van der Waals surface area contributed by atoms with Crippen LogP contribution < -0.4 is 5.56 Å². The van der Waals surface area contributed by atoms with Gasteiger partial charge >= 0.3 is 0 Å². The van der Waals surface area contributed by atoms with Crippen molar-refractivity contribution < 1.29 is 4.74 Å². The molecule has 18 heavy (non-hydrogen) atoms. The monoisotopic (exact) mass is 246 g/mol. The third kappa shape index (κ3) is 1.84. The summed E-state index contributed by atoms with van der Waals surface area (Å²) in [6, 6.07) is 1.54. The molecule has 0 saturated heterocycles. The van der Waals surface area contributed by atoms with E-state index in [1.54, 1.807) is 0 Å². The Morgan fingerprint density at radius 2 is 2.39 bits per heavy atom. The Labute approximate surface area is 103 Å². The van der Waals surface area contributed by atoms with E-state index in [9.17, 15) is 4.79 Å². The Balaban J connectivity index is 2.13. The van der Waals surface area contributed by atoms with Gasteiger partial charge in [0.2, 0.25) is 0 Å². The van der Waals surface area contributed by atoms with Crippen LogP contribution in [-0.4, -0.2) is 32.8 Å². The molecule has 2 aromatic rings. The molecule has 6 nitrogen and oxygen atoms in total. The Morgan fingerprint density at radius 1 is 1.50 bits per heavy atom. The smallest absolute Gasteiger partial charge is 0.274 e.